The Morgan fingerprint density at radius 1 is 1.33 bits per heavy atom. The van der Waals surface area contributed by atoms with Crippen molar-refractivity contribution >= 4 is 17.4 Å². The molecule has 0 aromatic carbocycles. The minimum atomic E-state index is -0.726. The normalized spacial score (nSPS) is 18.7. The average Bonchev–Trinajstić information content (AvgIpc) is 2.33. The fourth-order valence-corrected chi connectivity index (χ4v) is 2.15. The van der Waals surface area contributed by atoms with Gasteiger partial charge >= 0.3 is 0 Å². The average molecular weight is 272 g/mol. The van der Waals surface area contributed by atoms with Crippen LogP contribution >= 0.6 is 11.6 Å². The second-order valence-corrected chi connectivity index (χ2v) is 5.08. The largest absolute Gasteiger partial charge is 0.388 e. The fourth-order valence-electron chi connectivity index (χ4n) is 1.94. The summed E-state index contributed by atoms with van der Waals surface area (Å²) in [5.41, 5.74) is 0.0775. The van der Waals surface area contributed by atoms with Crippen LogP contribution in [0.15, 0.2) is 0 Å². The highest BCUT2D eigenvalue weighted by Gasteiger charge is 2.29. The van der Waals surface area contributed by atoms with Crippen LogP contribution in [0.1, 0.15) is 24.2 Å². The number of hydrogen-bond donors (Lipinski definition) is 2. The predicted octanol–water partition coefficient (Wildman–Crippen LogP) is 1.70. The van der Waals surface area contributed by atoms with Gasteiger partial charge in [0.1, 0.15) is 16.8 Å². The summed E-state index contributed by atoms with van der Waals surface area (Å²) < 4.78 is 5.24. The molecule has 1 aliphatic rings. The molecule has 0 unspecified atom stereocenters. The van der Waals surface area contributed by atoms with E-state index in [-0.39, 0.29) is 0 Å². The Hall–Kier alpha value is -0.910. The van der Waals surface area contributed by atoms with Crippen LogP contribution in [0.3, 0.4) is 0 Å². The molecular formula is C12H18ClN3O2. The zero-order valence-electron chi connectivity index (χ0n) is 10.7. The van der Waals surface area contributed by atoms with Gasteiger partial charge in [0.15, 0.2) is 0 Å². The maximum absolute atomic E-state index is 10.3. The molecule has 1 aromatic rings. The van der Waals surface area contributed by atoms with Gasteiger partial charge in [0.05, 0.1) is 5.60 Å². The number of rotatable bonds is 3. The van der Waals surface area contributed by atoms with Crippen LogP contribution in [-0.4, -0.2) is 40.4 Å². The molecule has 1 aromatic heterocycles. The molecule has 0 atom stereocenters. The molecule has 0 spiro atoms. The van der Waals surface area contributed by atoms with E-state index in [2.05, 4.69) is 15.3 Å². The molecule has 100 valence electrons. The minimum Gasteiger partial charge on any atom is -0.388 e. The first-order chi connectivity index (χ1) is 8.50. The van der Waals surface area contributed by atoms with Crippen molar-refractivity contribution in [3.05, 3.63) is 16.5 Å². The zero-order chi connectivity index (χ0) is 13.2. The van der Waals surface area contributed by atoms with Crippen molar-refractivity contribution in [1.29, 1.82) is 0 Å². The first-order valence-corrected chi connectivity index (χ1v) is 6.43. The number of aromatic nitrogens is 2. The fraction of sp³-hybridized carbons (Fsp3) is 0.667. The van der Waals surface area contributed by atoms with Gasteiger partial charge < -0.3 is 15.2 Å². The van der Waals surface area contributed by atoms with Crippen LogP contribution < -0.4 is 5.32 Å². The molecule has 0 amide bonds. The molecule has 1 aliphatic heterocycles. The number of hydrogen-bond acceptors (Lipinski definition) is 5. The number of anilines is 1. The second-order valence-electron chi connectivity index (χ2n) is 4.73. The van der Waals surface area contributed by atoms with Crippen molar-refractivity contribution in [3.8, 4) is 0 Å². The Morgan fingerprint density at radius 2 is 2.00 bits per heavy atom. The molecule has 0 radical (unpaired) electrons. The highest BCUT2D eigenvalue weighted by Crippen LogP contribution is 2.23. The maximum atomic E-state index is 10.3. The summed E-state index contributed by atoms with van der Waals surface area (Å²) in [6, 6.07) is 0. The van der Waals surface area contributed by atoms with Gasteiger partial charge in [-0.1, -0.05) is 11.6 Å². The molecule has 6 heteroatoms. The van der Waals surface area contributed by atoms with E-state index in [1.807, 2.05) is 6.92 Å². The number of aryl methyl sites for hydroxylation is 1. The maximum Gasteiger partial charge on any atom is 0.137 e. The van der Waals surface area contributed by atoms with E-state index < -0.39 is 5.60 Å². The Bertz CT molecular complexity index is 434. The third kappa shape index (κ3) is 3.10. The summed E-state index contributed by atoms with van der Waals surface area (Å²) in [6.07, 6.45) is 1.27. The van der Waals surface area contributed by atoms with Crippen molar-refractivity contribution in [2.45, 2.75) is 32.3 Å². The Morgan fingerprint density at radius 3 is 2.67 bits per heavy atom. The van der Waals surface area contributed by atoms with Crippen molar-refractivity contribution in [2.24, 2.45) is 0 Å². The molecular weight excluding hydrogens is 254 g/mol. The van der Waals surface area contributed by atoms with Gasteiger partial charge in [-0.05, 0) is 13.8 Å². The molecule has 0 bridgehead atoms. The first-order valence-electron chi connectivity index (χ1n) is 6.05. The van der Waals surface area contributed by atoms with Crippen LogP contribution in [0.2, 0.25) is 5.15 Å². The Balaban J connectivity index is 2.05. The Labute approximate surface area is 112 Å². The lowest BCUT2D eigenvalue weighted by Crippen LogP contribution is -2.42. The number of nitrogens with one attached hydrogen (secondary N) is 1. The van der Waals surface area contributed by atoms with Gasteiger partial charge in [0.2, 0.25) is 0 Å². The van der Waals surface area contributed by atoms with E-state index in [1.54, 1.807) is 6.92 Å². The molecule has 2 heterocycles. The van der Waals surface area contributed by atoms with Crippen molar-refractivity contribution in [1.82, 2.24) is 9.97 Å². The van der Waals surface area contributed by atoms with Crippen LogP contribution in [0.5, 0.6) is 0 Å². The number of halogens is 1. The van der Waals surface area contributed by atoms with Gasteiger partial charge in [0, 0.05) is 38.2 Å². The lowest BCUT2D eigenvalue weighted by Gasteiger charge is -2.32. The summed E-state index contributed by atoms with van der Waals surface area (Å²) in [5.74, 6) is 1.31. The van der Waals surface area contributed by atoms with Gasteiger partial charge in [-0.15, -0.1) is 0 Å². The van der Waals surface area contributed by atoms with E-state index in [0.29, 0.717) is 49.4 Å². The summed E-state index contributed by atoms with van der Waals surface area (Å²) in [4.78, 5) is 8.38. The van der Waals surface area contributed by atoms with Crippen molar-refractivity contribution < 1.29 is 9.84 Å². The standard InChI is InChI=1S/C12H18ClN3O2/c1-8-10(13)15-9(2)16-11(8)14-7-12(17)3-5-18-6-4-12/h17H,3-7H2,1-2H3,(H,14,15,16). The van der Waals surface area contributed by atoms with Crippen LogP contribution in [0.25, 0.3) is 0 Å². The molecule has 0 saturated carbocycles. The highest BCUT2D eigenvalue weighted by atomic mass is 35.5. The quantitative estimate of drug-likeness (QED) is 0.819. The van der Waals surface area contributed by atoms with Crippen LogP contribution in [-0.2, 0) is 4.74 Å². The van der Waals surface area contributed by atoms with Crippen molar-refractivity contribution in [3.63, 3.8) is 0 Å². The van der Waals surface area contributed by atoms with E-state index in [1.165, 1.54) is 0 Å². The van der Waals surface area contributed by atoms with Gasteiger partial charge in [-0.2, -0.15) is 0 Å². The smallest absolute Gasteiger partial charge is 0.137 e. The molecule has 0 aliphatic carbocycles. The van der Waals surface area contributed by atoms with Crippen LogP contribution in [0, 0.1) is 13.8 Å². The molecule has 18 heavy (non-hydrogen) atoms. The summed E-state index contributed by atoms with van der Waals surface area (Å²) in [5, 5.41) is 14.0. The third-order valence-electron chi connectivity index (χ3n) is 3.21. The topological polar surface area (TPSA) is 67.3 Å². The zero-order valence-corrected chi connectivity index (χ0v) is 11.4. The molecule has 2 N–H and O–H groups in total. The molecule has 1 saturated heterocycles. The summed E-state index contributed by atoms with van der Waals surface area (Å²) in [6.45, 7) is 5.29. The number of ether oxygens (including phenoxy) is 1. The van der Waals surface area contributed by atoms with E-state index in [0.717, 1.165) is 5.56 Å². The number of aliphatic hydroxyl groups is 1. The monoisotopic (exact) mass is 271 g/mol. The van der Waals surface area contributed by atoms with E-state index in [9.17, 15) is 5.11 Å². The summed E-state index contributed by atoms with van der Waals surface area (Å²) in [7, 11) is 0. The van der Waals surface area contributed by atoms with Crippen molar-refractivity contribution in [2.75, 3.05) is 25.1 Å². The van der Waals surface area contributed by atoms with Gasteiger partial charge in [0.25, 0.3) is 0 Å². The first kappa shape index (κ1) is 13.5. The molecule has 2 rings (SSSR count). The van der Waals surface area contributed by atoms with E-state index >= 15 is 0 Å². The summed E-state index contributed by atoms with van der Waals surface area (Å²) >= 11 is 6.00. The number of nitrogens with zero attached hydrogens (tertiary/aromatic N) is 2. The van der Waals surface area contributed by atoms with E-state index in [4.69, 9.17) is 16.3 Å². The highest BCUT2D eigenvalue weighted by molar-refractivity contribution is 6.30. The molecule has 1 fully saturated rings. The Kier molecular flexibility index (Phi) is 4.04. The third-order valence-corrected chi connectivity index (χ3v) is 3.57. The SMILES string of the molecule is Cc1nc(Cl)c(C)c(NCC2(O)CCOCC2)n1. The van der Waals surface area contributed by atoms with Gasteiger partial charge in [-0.3, -0.25) is 0 Å². The second kappa shape index (κ2) is 5.38. The minimum absolute atomic E-state index is 0.448. The lowest BCUT2D eigenvalue weighted by molar-refractivity contribution is -0.0543. The lowest BCUT2D eigenvalue weighted by atomic mass is 9.94. The van der Waals surface area contributed by atoms with Gasteiger partial charge in [-0.25, -0.2) is 9.97 Å². The predicted molar refractivity (Wildman–Crippen MR) is 70.0 cm³/mol. The molecule has 5 nitrogen and oxygen atoms in total. The van der Waals surface area contributed by atoms with Crippen LogP contribution in [0.4, 0.5) is 5.82 Å².